The number of carbonyl (C=O) groups excluding carboxylic acids is 2. The van der Waals surface area contributed by atoms with E-state index < -0.39 is 5.54 Å². The quantitative estimate of drug-likeness (QED) is 0.548. The first-order valence-electron chi connectivity index (χ1n) is 6.40. The molecule has 0 spiro atoms. The van der Waals surface area contributed by atoms with Gasteiger partial charge in [-0.15, -0.1) is 0 Å². The third-order valence-corrected chi connectivity index (χ3v) is 3.79. The van der Waals surface area contributed by atoms with Gasteiger partial charge in [0, 0.05) is 23.9 Å². The van der Waals surface area contributed by atoms with Gasteiger partial charge in [-0.1, -0.05) is 6.92 Å². The van der Waals surface area contributed by atoms with Crippen molar-refractivity contribution in [3.63, 3.8) is 0 Å². The zero-order chi connectivity index (χ0) is 15.0. The molecule has 0 saturated carbocycles. The molecule has 1 rings (SSSR count). The summed E-state index contributed by atoms with van der Waals surface area (Å²) < 4.78 is 0. The Morgan fingerprint density at radius 1 is 1.35 bits per heavy atom. The summed E-state index contributed by atoms with van der Waals surface area (Å²) in [5.74, 6) is -0.536. The van der Waals surface area contributed by atoms with E-state index in [1.807, 2.05) is 0 Å². The molecule has 0 aliphatic carbocycles. The highest BCUT2D eigenvalue weighted by Crippen LogP contribution is 2.08. The number of thiophene rings is 1. The SMILES string of the molecule is CCC(CO)(CO)NC(=O)CCNC(=O)c1ccsc1. The van der Waals surface area contributed by atoms with Crippen LogP contribution >= 0.6 is 11.3 Å². The minimum Gasteiger partial charge on any atom is -0.394 e. The molecule has 6 nitrogen and oxygen atoms in total. The van der Waals surface area contributed by atoms with Gasteiger partial charge in [0.05, 0.1) is 18.8 Å². The fraction of sp³-hybridized carbons (Fsp3) is 0.538. The molecule has 0 unspecified atom stereocenters. The molecular formula is C13H20N2O4S. The summed E-state index contributed by atoms with van der Waals surface area (Å²) in [5, 5.41) is 27.2. The van der Waals surface area contributed by atoms with Gasteiger partial charge in [-0.25, -0.2) is 0 Å². The predicted octanol–water partition coefficient (Wildman–Crippen LogP) is 0.118. The van der Waals surface area contributed by atoms with Gasteiger partial charge in [0.25, 0.3) is 5.91 Å². The first-order valence-corrected chi connectivity index (χ1v) is 7.34. The van der Waals surface area contributed by atoms with Crippen molar-refractivity contribution in [3.8, 4) is 0 Å². The molecular weight excluding hydrogens is 280 g/mol. The Balaban J connectivity index is 2.35. The molecule has 0 atom stereocenters. The van der Waals surface area contributed by atoms with Crippen molar-refractivity contribution < 1.29 is 19.8 Å². The average molecular weight is 300 g/mol. The van der Waals surface area contributed by atoms with Gasteiger partial charge in [-0.2, -0.15) is 11.3 Å². The Bertz CT molecular complexity index is 421. The third kappa shape index (κ3) is 4.59. The number of hydrogen-bond donors (Lipinski definition) is 4. The van der Waals surface area contributed by atoms with Crippen LogP contribution in [0.2, 0.25) is 0 Å². The van der Waals surface area contributed by atoms with E-state index >= 15 is 0 Å². The van der Waals surface area contributed by atoms with Crippen LogP contribution in [0.5, 0.6) is 0 Å². The van der Waals surface area contributed by atoms with E-state index in [-0.39, 0.29) is 38.0 Å². The Kier molecular flexibility index (Phi) is 6.63. The van der Waals surface area contributed by atoms with E-state index in [0.29, 0.717) is 12.0 Å². The molecule has 0 aliphatic heterocycles. The van der Waals surface area contributed by atoms with Gasteiger partial charge >= 0.3 is 0 Å². The maximum atomic E-state index is 11.7. The molecule has 20 heavy (non-hydrogen) atoms. The Hall–Kier alpha value is -1.44. The topological polar surface area (TPSA) is 98.7 Å². The highest BCUT2D eigenvalue weighted by molar-refractivity contribution is 7.08. The number of amides is 2. The van der Waals surface area contributed by atoms with Gasteiger partial charge in [-0.05, 0) is 17.9 Å². The summed E-state index contributed by atoms with van der Waals surface area (Å²) in [6.45, 7) is 1.32. The summed E-state index contributed by atoms with van der Waals surface area (Å²) in [6, 6.07) is 1.71. The zero-order valence-electron chi connectivity index (χ0n) is 11.4. The van der Waals surface area contributed by atoms with Crippen molar-refractivity contribution in [1.29, 1.82) is 0 Å². The second-order valence-corrected chi connectivity index (χ2v) is 5.30. The minimum atomic E-state index is -0.992. The lowest BCUT2D eigenvalue weighted by Gasteiger charge is -2.29. The molecule has 0 bridgehead atoms. The van der Waals surface area contributed by atoms with Crippen LogP contribution in [0.3, 0.4) is 0 Å². The van der Waals surface area contributed by atoms with Gasteiger partial charge in [0.15, 0.2) is 0 Å². The Labute approximate surface area is 121 Å². The number of aliphatic hydroxyl groups excluding tert-OH is 2. The van der Waals surface area contributed by atoms with Gasteiger partial charge in [-0.3, -0.25) is 9.59 Å². The maximum Gasteiger partial charge on any atom is 0.252 e. The van der Waals surface area contributed by atoms with Crippen molar-refractivity contribution >= 4 is 23.2 Å². The van der Waals surface area contributed by atoms with Crippen LogP contribution in [-0.2, 0) is 4.79 Å². The maximum absolute atomic E-state index is 11.7. The molecule has 0 fully saturated rings. The van der Waals surface area contributed by atoms with E-state index in [0.717, 1.165) is 0 Å². The molecule has 0 aliphatic rings. The summed E-state index contributed by atoms with van der Waals surface area (Å²) in [7, 11) is 0. The number of rotatable bonds is 8. The van der Waals surface area contributed by atoms with Crippen LogP contribution < -0.4 is 10.6 Å². The zero-order valence-corrected chi connectivity index (χ0v) is 12.2. The third-order valence-electron chi connectivity index (χ3n) is 3.11. The smallest absolute Gasteiger partial charge is 0.252 e. The molecule has 0 aromatic carbocycles. The molecule has 1 aromatic heterocycles. The lowest BCUT2D eigenvalue weighted by atomic mass is 9.98. The van der Waals surface area contributed by atoms with Crippen molar-refractivity contribution in [2.45, 2.75) is 25.3 Å². The van der Waals surface area contributed by atoms with Crippen LogP contribution in [0.25, 0.3) is 0 Å². The van der Waals surface area contributed by atoms with E-state index in [2.05, 4.69) is 10.6 Å². The minimum absolute atomic E-state index is 0.0949. The van der Waals surface area contributed by atoms with Crippen LogP contribution in [0.4, 0.5) is 0 Å². The van der Waals surface area contributed by atoms with Crippen molar-refractivity contribution in [2.75, 3.05) is 19.8 Å². The van der Waals surface area contributed by atoms with Gasteiger partial charge in [0.1, 0.15) is 0 Å². The van der Waals surface area contributed by atoms with Crippen molar-refractivity contribution in [3.05, 3.63) is 22.4 Å². The number of aliphatic hydroxyl groups is 2. The second-order valence-electron chi connectivity index (χ2n) is 4.52. The first-order chi connectivity index (χ1) is 9.56. The fourth-order valence-corrected chi connectivity index (χ4v) is 2.22. The molecule has 2 amide bonds. The molecule has 0 radical (unpaired) electrons. The second kappa shape index (κ2) is 7.98. The number of nitrogens with one attached hydrogen (secondary N) is 2. The average Bonchev–Trinajstić information content (AvgIpc) is 2.99. The van der Waals surface area contributed by atoms with Crippen molar-refractivity contribution in [1.82, 2.24) is 10.6 Å². The highest BCUT2D eigenvalue weighted by Gasteiger charge is 2.28. The van der Waals surface area contributed by atoms with Crippen LogP contribution in [-0.4, -0.2) is 47.3 Å². The Morgan fingerprint density at radius 3 is 2.55 bits per heavy atom. The molecule has 4 N–H and O–H groups in total. The predicted molar refractivity (Wildman–Crippen MR) is 76.6 cm³/mol. The monoisotopic (exact) mass is 300 g/mol. The standard InChI is InChI=1S/C13H20N2O4S/c1-2-13(8-16,9-17)15-11(18)3-5-14-12(19)10-4-6-20-7-10/h4,6-7,16-17H,2-3,5,8-9H2,1H3,(H,14,19)(H,15,18). The first kappa shape index (κ1) is 16.6. The summed E-state index contributed by atoms with van der Waals surface area (Å²) in [6.07, 6.45) is 0.518. The molecule has 0 saturated heterocycles. The van der Waals surface area contributed by atoms with E-state index in [4.69, 9.17) is 0 Å². The van der Waals surface area contributed by atoms with Gasteiger partial charge < -0.3 is 20.8 Å². The lowest BCUT2D eigenvalue weighted by molar-refractivity contribution is -0.124. The van der Waals surface area contributed by atoms with Crippen molar-refractivity contribution in [2.24, 2.45) is 0 Å². The normalized spacial score (nSPS) is 11.2. The van der Waals surface area contributed by atoms with Gasteiger partial charge in [0.2, 0.25) is 5.91 Å². The van der Waals surface area contributed by atoms with E-state index in [9.17, 15) is 19.8 Å². The molecule has 7 heteroatoms. The summed E-state index contributed by atoms with van der Waals surface area (Å²) in [5.41, 5.74) is -0.418. The Morgan fingerprint density at radius 2 is 2.05 bits per heavy atom. The fourth-order valence-electron chi connectivity index (χ4n) is 1.58. The van der Waals surface area contributed by atoms with E-state index in [1.165, 1.54) is 11.3 Å². The van der Waals surface area contributed by atoms with Crippen LogP contribution in [0.15, 0.2) is 16.8 Å². The van der Waals surface area contributed by atoms with Crippen LogP contribution in [0.1, 0.15) is 30.1 Å². The molecule has 112 valence electrons. The number of hydrogen-bond acceptors (Lipinski definition) is 5. The molecule has 1 heterocycles. The van der Waals surface area contributed by atoms with Crippen LogP contribution in [0, 0.1) is 0 Å². The lowest BCUT2D eigenvalue weighted by Crippen LogP contribution is -2.54. The highest BCUT2D eigenvalue weighted by atomic mass is 32.1. The summed E-state index contributed by atoms with van der Waals surface area (Å²) >= 11 is 1.43. The number of carbonyl (C=O) groups is 2. The summed E-state index contributed by atoms with van der Waals surface area (Å²) in [4.78, 5) is 23.3. The largest absolute Gasteiger partial charge is 0.394 e. The molecule has 1 aromatic rings. The van der Waals surface area contributed by atoms with E-state index in [1.54, 1.807) is 23.8 Å².